The maximum Gasteiger partial charge on any atom is 0.190 e. The molecule has 1 amide bonds. The standard InChI is InChI=1S/C4H8NO.C2H5.Y/c1-3-4(6)5-2;1-2;/h2-3H2,1H3,(H,5,6);1H2,2H3;/q2*-1;. The first-order chi connectivity index (χ1) is 3.81. The van der Waals surface area contributed by atoms with Crippen molar-refractivity contribution in [3.8, 4) is 0 Å². The van der Waals surface area contributed by atoms with Crippen LogP contribution in [0.4, 0.5) is 0 Å². The Morgan fingerprint density at radius 1 is 1.56 bits per heavy atom. The van der Waals surface area contributed by atoms with E-state index in [4.69, 9.17) is 0 Å². The fraction of sp³-hybridized carbons (Fsp3) is 0.500. The molecule has 0 aliphatic carbocycles. The summed E-state index contributed by atoms with van der Waals surface area (Å²) in [5, 5.41) is 2.23. The molecular weight excluding hydrogens is 191 g/mol. The number of hydrogen-bond acceptors (Lipinski definition) is 1. The summed E-state index contributed by atoms with van der Waals surface area (Å²) < 4.78 is 0. The molecule has 0 aliphatic rings. The van der Waals surface area contributed by atoms with Crippen molar-refractivity contribution in [1.82, 2.24) is 5.32 Å². The monoisotopic (exact) mass is 204 g/mol. The van der Waals surface area contributed by atoms with Gasteiger partial charge < -0.3 is 12.2 Å². The van der Waals surface area contributed by atoms with E-state index < -0.39 is 0 Å². The molecule has 0 aromatic heterocycles. The van der Waals surface area contributed by atoms with Crippen LogP contribution in [0, 0.1) is 14.0 Å². The van der Waals surface area contributed by atoms with Crippen LogP contribution in [0.25, 0.3) is 0 Å². The summed E-state index contributed by atoms with van der Waals surface area (Å²) in [5.74, 6) is -0.0185. The third-order valence-corrected chi connectivity index (χ3v) is 0.518. The normalized spacial score (nSPS) is 5.78. The van der Waals surface area contributed by atoms with Gasteiger partial charge in [-0.15, -0.1) is 0 Å². The van der Waals surface area contributed by atoms with Crippen LogP contribution in [0.2, 0.25) is 0 Å². The molecule has 3 heteroatoms. The van der Waals surface area contributed by atoms with Gasteiger partial charge >= 0.3 is 0 Å². The number of carbonyl (C=O) groups is 1. The molecule has 0 unspecified atom stereocenters. The van der Waals surface area contributed by atoms with Crippen LogP contribution in [-0.4, -0.2) is 5.91 Å². The molecule has 0 aromatic carbocycles. The molecule has 0 aromatic rings. The zero-order valence-corrected chi connectivity index (χ0v) is 8.95. The van der Waals surface area contributed by atoms with Gasteiger partial charge in [0.2, 0.25) is 0 Å². The van der Waals surface area contributed by atoms with Gasteiger partial charge in [-0.05, 0) is 0 Å². The smallest absolute Gasteiger partial charge is 0.190 e. The Morgan fingerprint density at radius 2 is 1.89 bits per heavy atom. The minimum atomic E-state index is -0.0185. The predicted molar refractivity (Wildman–Crippen MR) is 34.8 cm³/mol. The Balaban J connectivity index is -0.000000109. The molecule has 0 spiro atoms. The summed E-state index contributed by atoms with van der Waals surface area (Å²) in [6, 6.07) is 0. The van der Waals surface area contributed by atoms with E-state index in [0.717, 1.165) is 0 Å². The Hall–Kier alpha value is 0.574. The Labute approximate surface area is 82.7 Å². The molecule has 1 radical (unpaired) electrons. The van der Waals surface area contributed by atoms with E-state index in [1.54, 1.807) is 13.8 Å². The Morgan fingerprint density at radius 3 is 1.89 bits per heavy atom. The molecule has 53 valence electrons. The maximum absolute atomic E-state index is 10.0. The molecule has 0 saturated heterocycles. The number of nitrogens with one attached hydrogen (secondary N) is 1. The third-order valence-electron chi connectivity index (χ3n) is 0.518. The molecule has 2 nitrogen and oxygen atoms in total. The summed E-state index contributed by atoms with van der Waals surface area (Å²) in [7, 11) is 3.16. The fourth-order valence-corrected chi connectivity index (χ4v) is 0.125. The van der Waals surface area contributed by atoms with Crippen LogP contribution in [0.5, 0.6) is 0 Å². The van der Waals surface area contributed by atoms with Crippen molar-refractivity contribution >= 4 is 5.91 Å². The van der Waals surface area contributed by atoms with Crippen molar-refractivity contribution < 1.29 is 37.5 Å². The second-order valence-electron chi connectivity index (χ2n) is 0.954. The number of hydrogen-bond donors (Lipinski definition) is 1. The van der Waals surface area contributed by atoms with Gasteiger partial charge in [-0.3, -0.25) is 11.8 Å². The summed E-state index contributed by atoms with van der Waals surface area (Å²) in [4.78, 5) is 10.0. The first kappa shape index (κ1) is 16.3. The van der Waals surface area contributed by atoms with Crippen LogP contribution < -0.4 is 5.32 Å². The second kappa shape index (κ2) is 15.8. The van der Waals surface area contributed by atoms with Gasteiger partial charge in [0.25, 0.3) is 0 Å². The van der Waals surface area contributed by atoms with E-state index in [1.165, 1.54) is 0 Å². The second-order valence-corrected chi connectivity index (χ2v) is 0.954. The van der Waals surface area contributed by atoms with Crippen molar-refractivity contribution in [2.24, 2.45) is 0 Å². The summed E-state index contributed by atoms with van der Waals surface area (Å²) in [5.41, 5.74) is 0. The molecule has 0 atom stereocenters. The predicted octanol–water partition coefficient (Wildman–Crippen LogP) is 1.14. The van der Waals surface area contributed by atoms with E-state index in [1.807, 2.05) is 0 Å². The number of carbonyl (C=O) groups excluding carboxylic acids is 1. The molecule has 0 heterocycles. The van der Waals surface area contributed by atoms with Crippen molar-refractivity contribution in [3.05, 3.63) is 14.0 Å². The van der Waals surface area contributed by atoms with Gasteiger partial charge in [0, 0.05) is 39.1 Å². The Kier molecular flexibility index (Phi) is 28.6. The molecule has 0 fully saturated rings. The summed E-state index contributed by atoms with van der Waals surface area (Å²) in [6.07, 6.45) is 0.517. The van der Waals surface area contributed by atoms with Crippen molar-refractivity contribution in [3.63, 3.8) is 0 Å². The molecule has 1 N–H and O–H groups in total. The molecule has 0 rings (SSSR count). The van der Waals surface area contributed by atoms with Gasteiger partial charge in [-0.1, -0.05) is 6.92 Å². The van der Waals surface area contributed by atoms with Crippen molar-refractivity contribution in [1.29, 1.82) is 0 Å². The van der Waals surface area contributed by atoms with E-state index in [2.05, 4.69) is 19.3 Å². The van der Waals surface area contributed by atoms with Crippen molar-refractivity contribution in [2.45, 2.75) is 20.3 Å². The average molecular weight is 204 g/mol. The minimum Gasteiger partial charge on any atom is -0.508 e. The van der Waals surface area contributed by atoms with Gasteiger partial charge in [-0.25, -0.2) is 0 Å². The molecule has 0 saturated carbocycles. The van der Waals surface area contributed by atoms with Gasteiger partial charge in [-0.2, -0.15) is 6.92 Å². The first-order valence-electron chi connectivity index (χ1n) is 2.58. The van der Waals surface area contributed by atoms with E-state index in [-0.39, 0.29) is 38.6 Å². The quantitative estimate of drug-likeness (QED) is 0.637. The summed E-state index contributed by atoms with van der Waals surface area (Å²) in [6.45, 7) is 6.78. The topological polar surface area (TPSA) is 29.1 Å². The first-order valence-corrected chi connectivity index (χ1v) is 2.58. The molecule has 0 bridgehead atoms. The largest absolute Gasteiger partial charge is 0.508 e. The molecular formula is C6H13NOY-2. The van der Waals surface area contributed by atoms with Crippen LogP contribution in [0.1, 0.15) is 20.3 Å². The van der Waals surface area contributed by atoms with Gasteiger partial charge in [0.1, 0.15) is 0 Å². The maximum atomic E-state index is 10.0. The zero-order valence-electron chi connectivity index (χ0n) is 6.11. The van der Waals surface area contributed by atoms with E-state index in [0.29, 0.717) is 6.42 Å². The zero-order chi connectivity index (χ0) is 6.99. The average Bonchev–Trinajstić information content (AvgIpc) is 1.91. The number of rotatable bonds is 1. The molecule has 0 aliphatic heterocycles. The van der Waals surface area contributed by atoms with Crippen LogP contribution in [0.15, 0.2) is 0 Å². The molecule has 9 heavy (non-hydrogen) atoms. The number of amides is 1. The van der Waals surface area contributed by atoms with Crippen LogP contribution in [-0.2, 0) is 37.5 Å². The fourth-order valence-electron chi connectivity index (χ4n) is 0.125. The van der Waals surface area contributed by atoms with E-state index >= 15 is 0 Å². The van der Waals surface area contributed by atoms with Crippen molar-refractivity contribution in [2.75, 3.05) is 0 Å². The summed E-state index contributed by atoms with van der Waals surface area (Å²) >= 11 is 0. The van der Waals surface area contributed by atoms with Crippen LogP contribution >= 0.6 is 0 Å². The van der Waals surface area contributed by atoms with E-state index in [9.17, 15) is 4.79 Å². The minimum absolute atomic E-state index is 0. The SMILES string of the molecule is [CH2-]C.[CH2-]NC(=O)CC.[Y]. The van der Waals surface area contributed by atoms with Gasteiger partial charge in [0.15, 0.2) is 5.91 Å². The Bertz CT molecular complexity index is 51.0. The van der Waals surface area contributed by atoms with Crippen LogP contribution in [0.3, 0.4) is 0 Å². The van der Waals surface area contributed by atoms with Gasteiger partial charge in [0.05, 0.1) is 0 Å². The third kappa shape index (κ3) is 17.7.